The molecule has 0 radical (unpaired) electrons. The van der Waals surface area contributed by atoms with Crippen LogP contribution in [-0.4, -0.2) is 11.9 Å². The maximum atomic E-state index is 11.7. The van der Waals surface area contributed by atoms with Crippen LogP contribution < -0.4 is 11.1 Å². The van der Waals surface area contributed by atoms with Crippen LogP contribution in [0.25, 0.3) is 0 Å². The summed E-state index contributed by atoms with van der Waals surface area (Å²) < 4.78 is 0. The number of benzene rings is 1. The van der Waals surface area contributed by atoms with Crippen molar-refractivity contribution in [1.29, 1.82) is 0 Å². The lowest BCUT2D eigenvalue weighted by molar-refractivity contribution is -0.118. The summed E-state index contributed by atoms with van der Waals surface area (Å²) in [5, 5.41) is 3.40. The van der Waals surface area contributed by atoms with Crippen molar-refractivity contribution in [1.82, 2.24) is 0 Å². The van der Waals surface area contributed by atoms with Crippen LogP contribution in [0.3, 0.4) is 0 Å². The molecule has 1 rings (SSSR count). The summed E-state index contributed by atoms with van der Waals surface area (Å²) in [6.07, 6.45) is 0.884. The van der Waals surface area contributed by atoms with Crippen molar-refractivity contribution in [3.8, 4) is 0 Å². The number of nitrogens with two attached hydrogens (primary N) is 1. The van der Waals surface area contributed by atoms with Crippen LogP contribution in [0.1, 0.15) is 20.3 Å². The first-order chi connectivity index (χ1) is 7.54. The SMILES string of the molecule is CCC(C)[C@H](N)C(=O)Nc1ccc(Cl)cc1. The minimum absolute atomic E-state index is 0.156. The molecule has 0 bridgehead atoms. The van der Waals surface area contributed by atoms with Gasteiger partial charge in [0.05, 0.1) is 6.04 Å². The molecule has 0 heterocycles. The van der Waals surface area contributed by atoms with Gasteiger partial charge in [-0.15, -0.1) is 0 Å². The van der Waals surface area contributed by atoms with Crippen molar-refractivity contribution in [3.05, 3.63) is 29.3 Å². The highest BCUT2D eigenvalue weighted by Gasteiger charge is 2.19. The van der Waals surface area contributed by atoms with Crippen molar-refractivity contribution in [3.63, 3.8) is 0 Å². The summed E-state index contributed by atoms with van der Waals surface area (Å²) in [5.74, 6) is 0.0176. The average molecular weight is 241 g/mol. The van der Waals surface area contributed by atoms with Crippen LogP contribution in [0.4, 0.5) is 5.69 Å². The first kappa shape index (κ1) is 13.0. The maximum Gasteiger partial charge on any atom is 0.241 e. The molecule has 2 atom stereocenters. The Hall–Kier alpha value is -1.06. The predicted molar refractivity (Wildman–Crippen MR) is 67.5 cm³/mol. The topological polar surface area (TPSA) is 55.1 Å². The zero-order chi connectivity index (χ0) is 12.1. The Morgan fingerprint density at radius 3 is 2.50 bits per heavy atom. The van der Waals surface area contributed by atoms with Gasteiger partial charge in [0.25, 0.3) is 0 Å². The van der Waals surface area contributed by atoms with E-state index in [0.29, 0.717) is 10.7 Å². The van der Waals surface area contributed by atoms with E-state index in [4.69, 9.17) is 17.3 Å². The van der Waals surface area contributed by atoms with E-state index in [0.717, 1.165) is 6.42 Å². The fraction of sp³-hybridized carbons (Fsp3) is 0.417. The fourth-order valence-corrected chi connectivity index (χ4v) is 1.40. The second-order valence-electron chi connectivity index (χ2n) is 3.91. The van der Waals surface area contributed by atoms with Gasteiger partial charge in [0.2, 0.25) is 5.91 Å². The van der Waals surface area contributed by atoms with Gasteiger partial charge < -0.3 is 11.1 Å². The Labute approximate surface area is 101 Å². The number of halogens is 1. The summed E-state index contributed by atoms with van der Waals surface area (Å²) >= 11 is 5.75. The third-order valence-corrected chi connectivity index (χ3v) is 2.92. The second-order valence-corrected chi connectivity index (χ2v) is 4.34. The molecule has 0 aliphatic heterocycles. The molecule has 0 aliphatic carbocycles. The predicted octanol–water partition coefficient (Wildman–Crippen LogP) is 2.65. The van der Waals surface area contributed by atoms with E-state index in [1.54, 1.807) is 24.3 Å². The summed E-state index contributed by atoms with van der Waals surface area (Å²) in [6, 6.07) is 6.49. The molecule has 16 heavy (non-hydrogen) atoms. The van der Waals surface area contributed by atoms with Crippen LogP contribution in [0.5, 0.6) is 0 Å². The van der Waals surface area contributed by atoms with Gasteiger partial charge in [-0.3, -0.25) is 4.79 Å². The molecule has 0 saturated carbocycles. The molecule has 0 spiro atoms. The van der Waals surface area contributed by atoms with Gasteiger partial charge in [-0.05, 0) is 30.2 Å². The first-order valence-corrected chi connectivity index (χ1v) is 5.74. The summed E-state index contributed by atoms with van der Waals surface area (Å²) in [6.45, 7) is 3.98. The minimum Gasteiger partial charge on any atom is -0.325 e. The fourth-order valence-electron chi connectivity index (χ4n) is 1.27. The molecule has 3 nitrogen and oxygen atoms in total. The summed E-state index contributed by atoms with van der Waals surface area (Å²) in [4.78, 5) is 11.7. The van der Waals surface area contributed by atoms with Crippen molar-refractivity contribution < 1.29 is 4.79 Å². The largest absolute Gasteiger partial charge is 0.325 e. The molecule has 3 N–H and O–H groups in total. The Bertz CT molecular complexity index is 351. The van der Waals surface area contributed by atoms with Gasteiger partial charge in [0.15, 0.2) is 0 Å². The van der Waals surface area contributed by atoms with Crippen LogP contribution in [0.15, 0.2) is 24.3 Å². The molecule has 0 aromatic heterocycles. The van der Waals surface area contributed by atoms with E-state index in [-0.39, 0.29) is 11.8 Å². The highest BCUT2D eigenvalue weighted by molar-refractivity contribution is 6.30. The Kier molecular flexibility index (Phi) is 4.77. The van der Waals surface area contributed by atoms with Crippen molar-refractivity contribution in [2.24, 2.45) is 11.7 Å². The Morgan fingerprint density at radius 1 is 1.44 bits per heavy atom. The molecular formula is C12H17ClN2O. The molecule has 0 fully saturated rings. The quantitative estimate of drug-likeness (QED) is 0.850. The van der Waals surface area contributed by atoms with Gasteiger partial charge in [0, 0.05) is 10.7 Å². The number of hydrogen-bond donors (Lipinski definition) is 2. The Balaban J connectivity index is 2.60. The van der Waals surface area contributed by atoms with E-state index in [1.807, 2.05) is 13.8 Å². The number of amides is 1. The van der Waals surface area contributed by atoms with E-state index in [2.05, 4.69) is 5.32 Å². The van der Waals surface area contributed by atoms with E-state index in [1.165, 1.54) is 0 Å². The van der Waals surface area contributed by atoms with Gasteiger partial charge in [-0.2, -0.15) is 0 Å². The number of carbonyl (C=O) groups is 1. The van der Waals surface area contributed by atoms with E-state index < -0.39 is 6.04 Å². The van der Waals surface area contributed by atoms with Gasteiger partial charge >= 0.3 is 0 Å². The average Bonchev–Trinajstić information content (AvgIpc) is 2.30. The zero-order valence-electron chi connectivity index (χ0n) is 9.53. The van der Waals surface area contributed by atoms with E-state index in [9.17, 15) is 4.79 Å². The minimum atomic E-state index is -0.472. The molecule has 0 aliphatic rings. The zero-order valence-corrected chi connectivity index (χ0v) is 10.3. The lowest BCUT2D eigenvalue weighted by Crippen LogP contribution is -2.40. The van der Waals surface area contributed by atoms with Crippen LogP contribution in [0.2, 0.25) is 5.02 Å². The van der Waals surface area contributed by atoms with Crippen LogP contribution in [0, 0.1) is 5.92 Å². The van der Waals surface area contributed by atoms with Crippen molar-refractivity contribution in [2.45, 2.75) is 26.3 Å². The number of anilines is 1. The molecule has 1 unspecified atom stereocenters. The summed E-state index contributed by atoms with van der Waals surface area (Å²) in [5.41, 5.74) is 6.53. The maximum absolute atomic E-state index is 11.7. The standard InChI is InChI=1S/C12H17ClN2O/c1-3-8(2)11(14)12(16)15-10-6-4-9(13)5-7-10/h4-8,11H,3,14H2,1-2H3,(H,15,16)/t8?,11-/m0/s1. The Morgan fingerprint density at radius 2 is 2.00 bits per heavy atom. The monoisotopic (exact) mass is 240 g/mol. The number of rotatable bonds is 4. The highest BCUT2D eigenvalue weighted by Crippen LogP contribution is 2.14. The lowest BCUT2D eigenvalue weighted by Gasteiger charge is -2.17. The van der Waals surface area contributed by atoms with Gasteiger partial charge in [-0.1, -0.05) is 31.9 Å². The lowest BCUT2D eigenvalue weighted by atomic mass is 9.99. The first-order valence-electron chi connectivity index (χ1n) is 5.36. The second kappa shape index (κ2) is 5.87. The van der Waals surface area contributed by atoms with Gasteiger partial charge in [-0.25, -0.2) is 0 Å². The molecule has 1 aromatic carbocycles. The van der Waals surface area contributed by atoms with E-state index >= 15 is 0 Å². The molecule has 1 amide bonds. The van der Waals surface area contributed by atoms with Crippen molar-refractivity contribution >= 4 is 23.2 Å². The molecule has 4 heteroatoms. The normalized spacial score (nSPS) is 14.2. The molecule has 1 aromatic rings. The van der Waals surface area contributed by atoms with Crippen LogP contribution >= 0.6 is 11.6 Å². The van der Waals surface area contributed by atoms with Gasteiger partial charge in [0.1, 0.15) is 0 Å². The highest BCUT2D eigenvalue weighted by atomic mass is 35.5. The number of nitrogens with one attached hydrogen (secondary N) is 1. The molecular weight excluding hydrogens is 224 g/mol. The third kappa shape index (κ3) is 3.51. The molecule has 0 saturated heterocycles. The van der Waals surface area contributed by atoms with Crippen molar-refractivity contribution in [2.75, 3.05) is 5.32 Å². The third-order valence-electron chi connectivity index (χ3n) is 2.67. The van der Waals surface area contributed by atoms with Crippen LogP contribution in [-0.2, 0) is 4.79 Å². The number of carbonyl (C=O) groups excluding carboxylic acids is 1. The molecule has 88 valence electrons. The smallest absolute Gasteiger partial charge is 0.241 e. The summed E-state index contributed by atoms with van der Waals surface area (Å²) in [7, 11) is 0. The number of hydrogen-bond acceptors (Lipinski definition) is 2.